The Morgan fingerprint density at radius 1 is 1.06 bits per heavy atom. The van der Waals surface area contributed by atoms with Gasteiger partial charge in [-0.3, -0.25) is 9.69 Å². The van der Waals surface area contributed by atoms with E-state index in [1.807, 2.05) is 37.2 Å². The van der Waals surface area contributed by atoms with Gasteiger partial charge in [0.15, 0.2) is 15.0 Å². The van der Waals surface area contributed by atoms with Crippen molar-refractivity contribution in [2.24, 2.45) is 0 Å². The quantitative estimate of drug-likeness (QED) is 0.463. The average molecular weight is 484 g/mol. The molecule has 0 radical (unpaired) electrons. The molecule has 3 aromatic rings. The summed E-state index contributed by atoms with van der Waals surface area (Å²) < 4.78 is 31.4. The summed E-state index contributed by atoms with van der Waals surface area (Å²) in [6, 6.07) is 13.8. The van der Waals surface area contributed by atoms with Crippen molar-refractivity contribution in [3.8, 4) is 5.75 Å². The van der Waals surface area contributed by atoms with E-state index in [0.717, 1.165) is 4.70 Å². The Morgan fingerprint density at radius 2 is 1.77 bits per heavy atom. The number of amides is 1. The van der Waals surface area contributed by atoms with Crippen LogP contribution in [-0.4, -0.2) is 64.3 Å². The number of aromatic nitrogens is 1. The average Bonchev–Trinajstić information content (AvgIpc) is 3.16. The number of carbonyl (C=O) groups is 1. The van der Waals surface area contributed by atoms with Gasteiger partial charge in [0.25, 0.3) is 0 Å². The molecule has 168 valence electrons. The Kier molecular flexibility index (Phi) is 8.81. The van der Waals surface area contributed by atoms with Crippen molar-refractivity contribution in [1.82, 2.24) is 9.88 Å². The van der Waals surface area contributed by atoms with E-state index >= 15 is 0 Å². The summed E-state index contributed by atoms with van der Waals surface area (Å²) in [6.45, 7) is 1.05. The second-order valence-electron chi connectivity index (χ2n) is 7.03. The molecule has 0 atom stereocenters. The molecule has 2 aromatic carbocycles. The number of carbonyl (C=O) groups excluding carboxylic acids is 1. The van der Waals surface area contributed by atoms with E-state index in [1.165, 1.54) is 11.3 Å². The highest BCUT2D eigenvalue weighted by Crippen LogP contribution is 2.34. The first-order chi connectivity index (χ1) is 14.3. The smallest absolute Gasteiger partial charge is 0.229 e. The predicted octanol–water partition coefficient (Wildman–Crippen LogP) is 3.49. The molecule has 7 nitrogen and oxygen atoms in total. The monoisotopic (exact) mass is 483 g/mol. The van der Waals surface area contributed by atoms with E-state index < -0.39 is 9.84 Å². The van der Waals surface area contributed by atoms with Gasteiger partial charge in [-0.25, -0.2) is 13.4 Å². The maximum Gasteiger partial charge on any atom is 0.229 e. The third-order valence-corrected chi connectivity index (χ3v) is 7.36. The van der Waals surface area contributed by atoms with Gasteiger partial charge < -0.3 is 9.64 Å². The highest BCUT2D eigenvalue weighted by molar-refractivity contribution is 7.91. The summed E-state index contributed by atoms with van der Waals surface area (Å²) in [5.41, 5.74) is 0.694. The Morgan fingerprint density at radius 3 is 2.42 bits per heavy atom. The summed E-state index contributed by atoms with van der Waals surface area (Å²) in [7, 11) is 1.89. The number of sulfone groups is 1. The van der Waals surface area contributed by atoms with Crippen molar-refractivity contribution >= 4 is 54.8 Å². The standard InChI is InChI=1S/C21H25N3O4S2.ClH/c1-23(2)13-14-24(21-22-20-17(28-3)10-7-11-18(20)29-21)19(25)12-15-30(26,27)16-8-5-4-6-9-16;/h4-11H,12-15H2,1-3H3;1H. The number of para-hydroxylation sites is 1. The molecule has 1 aromatic heterocycles. The van der Waals surface area contributed by atoms with Crippen molar-refractivity contribution in [3.05, 3.63) is 48.5 Å². The van der Waals surface area contributed by atoms with Crippen molar-refractivity contribution in [2.75, 3.05) is 44.9 Å². The molecule has 0 aliphatic carbocycles. The van der Waals surface area contributed by atoms with Crippen LogP contribution in [-0.2, 0) is 14.6 Å². The van der Waals surface area contributed by atoms with Crippen LogP contribution >= 0.6 is 23.7 Å². The topological polar surface area (TPSA) is 79.8 Å². The number of thiazole rings is 1. The first kappa shape index (κ1) is 25.1. The number of likely N-dealkylation sites (N-methyl/N-ethyl adjacent to an activating group) is 1. The van der Waals surface area contributed by atoms with Gasteiger partial charge in [-0.15, -0.1) is 12.4 Å². The largest absolute Gasteiger partial charge is 0.494 e. The second kappa shape index (κ2) is 10.9. The predicted molar refractivity (Wildman–Crippen MR) is 127 cm³/mol. The molecule has 0 spiro atoms. The number of fused-ring (bicyclic) bond motifs is 1. The van der Waals surface area contributed by atoms with E-state index in [9.17, 15) is 13.2 Å². The van der Waals surface area contributed by atoms with E-state index in [1.54, 1.807) is 42.3 Å². The molecule has 0 saturated heterocycles. The molecule has 0 bridgehead atoms. The minimum absolute atomic E-state index is 0. The molecule has 3 rings (SSSR count). The van der Waals surface area contributed by atoms with Crippen molar-refractivity contribution in [1.29, 1.82) is 0 Å². The van der Waals surface area contributed by atoms with Gasteiger partial charge in [-0.2, -0.15) is 0 Å². The number of nitrogens with zero attached hydrogens (tertiary/aromatic N) is 3. The summed E-state index contributed by atoms with van der Waals surface area (Å²) in [6.07, 6.45) is -0.113. The summed E-state index contributed by atoms with van der Waals surface area (Å²) >= 11 is 1.39. The van der Waals surface area contributed by atoms with Crippen LogP contribution in [0.3, 0.4) is 0 Å². The van der Waals surface area contributed by atoms with Gasteiger partial charge in [0, 0.05) is 19.5 Å². The number of hydrogen-bond donors (Lipinski definition) is 0. The normalized spacial score (nSPS) is 11.4. The van der Waals surface area contributed by atoms with Crippen LogP contribution in [0.2, 0.25) is 0 Å². The molecule has 31 heavy (non-hydrogen) atoms. The van der Waals surface area contributed by atoms with Crippen LogP contribution in [0.1, 0.15) is 6.42 Å². The highest BCUT2D eigenvalue weighted by Gasteiger charge is 2.23. The first-order valence-electron chi connectivity index (χ1n) is 9.48. The molecular formula is C21H26ClN3O4S2. The van der Waals surface area contributed by atoms with Crippen molar-refractivity contribution in [3.63, 3.8) is 0 Å². The zero-order valence-corrected chi connectivity index (χ0v) is 20.1. The SMILES string of the molecule is COc1cccc2sc(N(CCN(C)C)C(=O)CCS(=O)(=O)c3ccccc3)nc12.Cl. The molecular weight excluding hydrogens is 458 g/mol. The Balaban J connectivity index is 0.00000341. The lowest BCUT2D eigenvalue weighted by Gasteiger charge is -2.22. The van der Waals surface area contributed by atoms with Crippen LogP contribution < -0.4 is 9.64 Å². The minimum atomic E-state index is -3.53. The first-order valence-corrected chi connectivity index (χ1v) is 11.9. The molecule has 0 fully saturated rings. The van der Waals surface area contributed by atoms with Crippen LogP contribution in [0.4, 0.5) is 5.13 Å². The van der Waals surface area contributed by atoms with E-state index in [4.69, 9.17) is 4.74 Å². The zero-order valence-electron chi connectivity index (χ0n) is 17.6. The summed E-state index contributed by atoms with van der Waals surface area (Å²) in [4.78, 5) is 21.4. The number of methoxy groups -OCH3 is 1. The zero-order chi connectivity index (χ0) is 21.7. The number of ether oxygens (including phenoxy) is 1. The summed E-state index contributed by atoms with van der Waals surface area (Å²) in [5.74, 6) is 0.124. The van der Waals surface area contributed by atoms with Gasteiger partial charge >= 0.3 is 0 Å². The van der Waals surface area contributed by atoms with E-state index in [-0.39, 0.29) is 35.4 Å². The van der Waals surface area contributed by atoms with Crippen LogP contribution in [0.15, 0.2) is 53.4 Å². The lowest BCUT2D eigenvalue weighted by Crippen LogP contribution is -2.37. The number of anilines is 1. The number of halogens is 1. The Labute approximate surface area is 193 Å². The molecule has 0 aliphatic rings. The Bertz CT molecular complexity index is 1120. The molecule has 1 heterocycles. The molecule has 0 N–H and O–H groups in total. The molecule has 0 aliphatic heterocycles. The Hall–Kier alpha value is -2.20. The lowest BCUT2D eigenvalue weighted by molar-refractivity contribution is -0.118. The van der Waals surface area contributed by atoms with Gasteiger partial charge in [0.2, 0.25) is 5.91 Å². The number of benzene rings is 2. The van der Waals surface area contributed by atoms with E-state index in [2.05, 4.69) is 4.98 Å². The van der Waals surface area contributed by atoms with Crippen molar-refractivity contribution < 1.29 is 17.9 Å². The van der Waals surface area contributed by atoms with Gasteiger partial charge in [0.05, 0.1) is 22.5 Å². The maximum atomic E-state index is 13.0. The number of rotatable bonds is 9. The summed E-state index contributed by atoms with van der Waals surface area (Å²) in [5, 5.41) is 0.540. The highest BCUT2D eigenvalue weighted by atomic mass is 35.5. The van der Waals surface area contributed by atoms with Gasteiger partial charge in [0.1, 0.15) is 11.3 Å². The van der Waals surface area contributed by atoms with Crippen molar-refractivity contribution in [2.45, 2.75) is 11.3 Å². The fourth-order valence-corrected chi connectivity index (χ4v) is 5.20. The second-order valence-corrected chi connectivity index (χ2v) is 10.2. The van der Waals surface area contributed by atoms with E-state index in [0.29, 0.717) is 29.5 Å². The van der Waals surface area contributed by atoms with Crippen LogP contribution in [0.5, 0.6) is 5.75 Å². The fourth-order valence-electron chi connectivity index (χ4n) is 2.92. The van der Waals surface area contributed by atoms with Gasteiger partial charge in [-0.1, -0.05) is 35.6 Å². The fraction of sp³-hybridized carbons (Fsp3) is 0.333. The van der Waals surface area contributed by atoms with Gasteiger partial charge in [-0.05, 0) is 38.4 Å². The molecule has 10 heteroatoms. The molecule has 0 saturated carbocycles. The molecule has 1 amide bonds. The van der Waals surface area contributed by atoms with Crippen LogP contribution in [0, 0.1) is 0 Å². The minimum Gasteiger partial charge on any atom is -0.494 e. The third kappa shape index (κ3) is 6.16. The molecule has 0 unspecified atom stereocenters. The lowest BCUT2D eigenvalue weighted by atomic mass is 10.3. The number of hydrogen-bond acceptors (Lipinski definition) is 7. The maximum absolute atomic E-state index is 13.0. The van der Waals surface area contributed by atoms with Crippen LogP contribution in [0.25, 0.3) is 10.2 Å². The third-order valence-electron chi connectivity index (χ3n) is 4.58.